The molecule has 1 aliphatic rings. The average Bonchev–Trinajstić information content (AvgIpc) is 2.97. The third-order valence-electron chi connectivity index (χ3n) is 3.56. The van der Waals surface area contributed by atoms with Crippen LogP contribution in [0.3, 0.4) is 0 Å². The normalized spacial score (nSPS) is 15.9. The Kier molecular flexibility index (Phi) is 4.17. The highest BCUT2D eigenvalue weighted by atomic mass is 35.5. The molecule has 2 heterocycles. The molecule has 0 bridgehead atoms. The summed E-state index contributed by atoms with van der Waals surface area (Å²) in [6, 6.07) is 7.35. The van der Waals surface area contributed by atoms with Gasteiger partial charge in [-0.05, 0) is 38.1 Å². The van der Waals surface area contributed by atoms with Gasteiger partial charge in [0.2, 0.25) is 11.9 Å². The topological polar surface area (TPSA) is 82.7 Å². The molecule has 1 fully saturated rings. The first kappa shape index (κ1) is 14.0. The Hall–Kier alpha value is -1.92. The van der Waals surface area contributed by atoms with E-state index in [9.17, 15) is 4.79 Å². The quantitative estimate of drug-likeness (QED) is 0.810. The molecule has 1 saturated heterocycles. The summed E-state index contributed by atoms with van der Waals surface area (Å²) in [5.41, 5.74) is 0.758. The highest BCUT2D eigenvalue weighted by Gasteiger charge is 2.22. The van der Waals surface area contributed by atoms with Gasteiger partial charge in [-0.25, -0.2) is 0 Å². The second-order valence-electron chi connectivity index (χ2n) is 5.00. The van der Waals surface area contributed by atoms with Crippen LogP contribution in [0.4, 0.5) is 5.95 Å². The molecule has 0 unspecified atom stereocenters. The number of amides is 1. The molecule has 0 radical (unpaired) electrons. The summed E-state index contributed by atoms with van der Waals surface area (Å²) in [4.78, 5) is 16.4. The van der Waals surface area contributed by atoms with Crippen LogP contribution in [0.15, 0.2) is 24.3 Å². The fourth-order valence-corrected chi connectivity index (χ4v) is 2.61. The number of rotatable bonds is 3. The van der Waals surface area contributed by atoms with Crippen LogP contribution in [0, 0.1) is 5.92 Å². The van der Waals surface area contributed by atoms with Crippen LogP contribution in [0.5, 0.6) is 0 Å². The molecule has 0 spiro atoms. The molecule has 1 aromatic carbocycles. The van der Waals surface area contributed by atoms with Crippen LogP contribution in [-0.2, 0) is 4.79 Å². The minimum Gasteiger partial charge on any atom is -0.317 e. The predicted octanol–water partition coefficient (Wildman–Crippen LogP) is 2.06. The number of nitrogens with one attached hydrogen (secondary N) is 3. The molecular weight excluding hydrogens is 290 g/mol. The maximum absolute atomic E-state index is 12.1. The van der Waals surface area contributed by atoms with Crippen LogP contribution in [0.1, 0.15) is 12.8 Å². The summed E-state index contributed by atoms with van der Waals surface area (Å²) in [6.45, 7) is 1.74. The van der Waals surface area contributed by atoms with E-state index in [0.717, 1.165) is 31.5 Å². The monoisotopic (exact) mass is 305 g/mol. The Morgan fingerprint density at radius 2 is 2.05 bits per heavy atom. The Bertz CT molecular complexity index is 636. The number of anilines is 1. The number of carbonyl (C=O) groups is 1. The molecule has 0 atom stereocenters. The molecule has 1 aromatic heterocycles. The number of piperidine rings is 1. The summed E-state index contributed by atoms with van der Waals surface area (Å²) in [5, 5.41) is 13.4. The van der Waals surface area contributed by atoms with Crippen molar-refractivity contribution in [3.8, 4) is 11.4 Å². The molecule has 0 saturated carbocycles. The largest absolute Gasteiger partial charge is 0.317 e. The van der Waals surface area contributed by atoms with Crippen LogP contribution < -0.4 is 10.6 Å². The van der Waals surface area contributed by atoms with E-state index < -0.39 is 0 Å². The fraction of sp³-hybridized carbons (Fsp3) is 0.357. The SMILES string of the molecule is O=C(Nc1n[nH]c(-c2ccccc2Cl)n1)C1CCNCC1. The molecule has 1 aliphatic heterocycles. The zero-order chi connectivity index (χ0) is 14.7. The van der Waals surface area contributed by atoms with Crippen LogP contribution in [0.25, 0.3) is 11.4 Å². The number of hydrogen-bond donors (Lipinski definition) is 3. The van der Waals surface area contributed by atoms with Crippen molar-refractivity contribution in [1.82, 2.24) is 20.5 Å². The van der Waals surface area contributed by atoms with E-state index in [1.165, 1.54) is 0 Å². The second kappa shape index (κ2) is 6.24. The van der Waals surface area contributed by atoms with E-state index in [-0.39, 0.29) is 17.8 Å². The number of benzene rings is 1. The van der Waals surface area contributed by atoms with Gasteiger partial charge in [0.15, 0.2) is 5.82 Å². The Morgan fingerprint density at radius 3 is 2.81 bits per heavy atom. The molecular formula is C14H16ClN5O. The summed E-state index contributed by atoms with van der Waals surface area (Å²) >= 11 is 6.11. The average molecular weight is 306 g/mol. The van der Waals surface area contributed by atoms with Gasteiger partial charge >= 0.3 is 0 Å². The molecule has 6 nitrogen and oxygen atoms in total. The minimum absolute atomic E-state index is 0.0218. The number of hydrogen-bond acceptors (Lipinski definition) is 4. The van der Waals surface area contributed by atoms with Crippen LogP contribution >= 0.6 is 11.6 Å². The summed E-state index contributed by atoms with van der Waals surface area (Å²) < 4.78 is 0. The van der Waals surface area contributed by atoms with Crippen LogP contribution in [0.2, 0.25) is 5.02 Å². The van der Waals surface area contributed by atoms with Crippen LogP contribution in [-0.4, -0.2) is 34.2 Å². The van der Waals surface area contributed by atoms with E-state index in [1.807, 2.05) is 18.2 Å². The van der Waals surface area contributed by atoms with Crippen molar-refractivity contribution in [2.75, 3.05) is 18.4 Å². The zero-order valence-corrected chi connectivity index (χ0v) is 12.2. The lowest BCUT2D eigenvalue weighted by Gasteiger charge is -2.20. The van der Waals surface area contributed by atoms with Crippen molar-refractivity contribution in [3.05, 3.63) is 29.3 Å². The smallest absolute Gasteiger partial charge is 0.249 e. The Balaban J connectivity index is 1.70. The third-order valence-corrected chi connectivity index (χ3v) is 3.89. The molecule has 0 aliphatic carbocycles. The van der Waals surface area contributed by atoms with Gasteiger partial charge in [-0.3, -0.25) is 15.2 Å². The lowest BCUT2D eigenvalue weighted by Crippen LogP contribution is -2.34. The first-order valence-electron chi connectivity index (χ1n) is 6.93. The number of carbonyl (C=O) groups excluding carboxylic acids is 1. The van der Waals surface area contributed by atoms with Gasteiger partial charge in [0.1, 0.15) is 0 Å². The number of H-pyrrole nitrogens is 1. The van der Waals surface area contributed by atoms with Crippen molar-refractivity contribution in [1.29, 1.82) is 0 Å². The van der Waals surface area contributed by atoms with E-state index in [2.05, 4.69) is 25.8 Å². The third kappa shape index (κ3) is 3.22. The van der Waals surface area contributed by atoms with Gasteiger partial charge < -0.3 is 5.32 Å². The molecule has 21 heavy (non-hydrogen) atoms. The molecule has 1 amide bonds. The van der Waals surface area contributed by atoms with Gasteiger partial charge in [0, 0.05) is 11.5 Å². The fourth-order valence-electron chi connectivity index (χ4n) is 2.39. The molecule has 3 N–H and O–H groups in total. The summed E-state index contributed by atoms with van der Waals surface area (Å²) in [7, 11) is 0. The maximum Gasteiger partial charge on any atom is 0.249 e. The Morgan fingerprint density at radius 1 is 1.29 bits per heavy atom. The van der Waals surface area contributed by atoms with Gasteiger partial charge in [-0.15, -0.1) is 5.10 Å². The van der Waals surface area contributed by atoms with Crippen molar-refractivity contribution >= 4 is 23.5 Å². The van der Waals surface area contributed by atoms with E-state index in [4.69, 9.17) is 11.6 Å². The highest BCUT2D eigenvalue weighted by Crippen LogP contribution is 2.25. The maximum atomic E-state index is 12.1. The first-order valence-corrected chi connectivity index (χ1v) is 7.31. The number of aromatic amines is 1. The van der Waals surface area contributed by atoms with Gasteiger partial charge in [-0.2, -0.15) is 4.98 Å². The first-order chi connectivity index (χ1) is 10.2. The molecule has 3 rings (SSSR count). The van der Waals surface area contributed by atoms with Crippen molar-refractivity contribution in [2.24, 2.45) is 5.92 Å². The number of nitrogens with zero attached hydrogens (tertiary/aromatic N) is 2. The predicted molar refractivity (Wildman–Crippen MR) is 81.1 cm³/mol. The zero-order valence-electron chi connectivity index (χ0n) is 11.4. The van der Waals surface area contributed by atoms with E-state index >= 15 is 0 Å². The highest BCUT2D eigenvalue weighted by molar-refractivity contribution is 6.33. The molecule has 2 aromatic rings. The van der Waals surface area contributed by atoms with Gasteiger partial charge in [-0.1, -0.05) is 23.7 Å². The number of aromatic nitrogens is 3. The molecule has 110 valence electrons. The van der Waals surface area contributed by atoms with Gasteiger partial charge in [0.05, 0.1) is 5.02 Å². The standard InChI is InChI=1S/C14H16ClN5O/c15-11-4-2-1-3-10(11)12-17-14(20-19-12)18-13(21)9-5-7-16-8-6-9/h1-4,9,16H,5-8H2,(H2,17,18,19,20,21). The minimum atomic E-state index is -0.0267. The lowest BCUT2D eigenvalue weighted by molar-refractivity contribution is -0.120. The number of halogens is 1. The lowest BCUT2D eigenvalue weighted by atomic mass is 9.97. The molecule has 7 heteroatoms. The van der Waals surface area contributed by atoms with Crippen molar-refractivity contribution < 1.29 is 4.79 Å². The van der Waals surface area contributed by atoms with Crippen molar-refractivity contribution in [3.63, 3.8) is 0 Å². The van der Waals surface area contributed by atoms with E-state index in [0.29, 0.717) is 10.8 Å². The second-order valence-corrected chi connectivity index (χ2v) is 5.41. The summed E-state index contributed by atoms with van der Waals surface area (Å²) in [6.07, 6.45) is 1.68. The van der Waals surface area contributed by atoms with Gasteiger partial charge in [0.25, 0.3) is 0 Å². The Labute approximate surface area is 127 Å². The van der Waals surface area contributed by atoms with Crippen molar-refractivity contribution in [2.45, 2.75) is 12.8 Å². The van der Waals surface area contributed by atoms with E-state index in [1.54, 1.807) is 6.07 Å². The summed E-state index contributed by atoms with van der Waals surface area (Å²) in [5.74, 6) is 0.824.